The van der Waals surface area contributed by atoms with E-state index in [4.69, 9.17) is 5.11 Å². The van der Waals surface area contributed by atoms with Gasteiger partial charge < -0.3 is 15.4 Å². The molecule has 2 aromatic rings. The van der Waals surface area contributed by atoms with E-state index >= 15 is 0 Å². The molecule has 5 nitrogen and oxygen atoms in total. The summed E-state index contributed by atoms with van der Waals surface area (Å²) in [6, 6.07) is 7.08. The summed E-state index contributed by atoms with van der Waals surface area (Å²) in [4.78, 5) is 3.46. The highest BCUT2D eigenvalue weighted by atomic mass is 32.2. The Balaban J connectivity index is 1.88. The molecule has 0 aliphatic heterocycles. The van der Waals surface area contributed by atoms with Crippen molar-refractivity contribution in [1.29, 1.82) is 0 Å². The second kappa shape index (κ2) is 6.86. The zero-order chi connectivity index (χ0) is 16.3. The van der Waals surface area contributed by atoms with E-state index in [0.29, 0.717) is 22.3 Å². The number of aliphatic hydroxyl groups is 1. The monoisotopic (exact) mass is 334 g/mol. The van der Waals surface area contributed by atoms with Crippen molar-refractivity contribution in [2.75, 3.05) is 19.7 Å². The van der Waals surface area contributed by atoms with E-state index in [9.17, 15) is 8.42 Å². The third-order valence-corrected chi connectivity index (χ3v) is 6.17. The Morgan fingerprint density at radius 1 is 1.26 bits per heavy atom. The second-order valence-corrected chi connectivity index (χ2v) is 7.88. The fourth-order valence-electron chi connectivity index (χ4n) is 3.24. The fourth-order valence-corrected chi connectivity index (χ4v) is 4.52. The molecule has 0 bridgehead atoms. The Labute approximate surface area is 136 Å². The molecule has 1 heterocycles. The maximum absolute atomic E-state index is 12.6. The maximum atomic E-state index is 12.6. The molecule has 1 atom stereocenters. The van der Waals surface area contributed by atoms with Gasteiger partial charge in [-0.3, -0.25) is 0 Å². The van der Waals surface area contributed by atoms with Crippen LogP contribution in [0.2, 0.25) is 0 Å². The van der Waals surface area contributed by atoms with E-state index < -0.39 is 9.84 Å². The average Bonchev–Trinajstić information content (AvgIpc) is 3.10. The number of rotatable bonds is 6. The molecule has 1 aliphatic carbocycles. The van der Waals surface area contributed by atoms with Gasteiger partial charge in [0.15, 0.2) is 0 Å². The molecule has 0 fully saturated rings. The number of sulfone groups is 1. The van der Waals surface area contributed by atoms with E-state index in [1.807, 2.05) is 12.1 Å². The molecular formula is C17H22N2O3S. The van der Waals surface area contributed by atoms with Crippen LogP contribution in [0.3, 0.4) is 0 Å². The molecule has 3 rings (SSSR count). The van der Waals surface area contributed by atoms with Crippen molar-refractivity contribution in [3.8, 4) is 0 Å². The molecule has 0 saturated carbocycles. The molecule has 0 amide bonds. The first-order chi connectivity index (χ1) is 11.1. The van der Waals surface area contributed by atoms with Gasteiger partial charge in [-0.2, -0.15) is 0 Å². The molecule has 0 spiro atoms. The van der Waals surface area contributed by atoms with Crippen molar-refractivity contribution >= 4 is 9.84 Å². The van der Waals surface area contributed by atoms with Gasteiger partial charge in [-0.25, -0.2) is 8.42 Å². The Morgan fingerprint density at radius 2 is 2.13 bits per heavy atom. The Kier molecular flexibility index (Phi) is 4.84. The summed E-state index contributed by atoms with van der Waals surface area (Å²) < 4.78 is 25.2. The minimum atomic E-state index is -3.45. The predicted molar refractivity (Wildman–Crippen MR) is 88.3 cm³/mol. The van der Waals surface area contributed by atoms with Gasteiger partial charge in [0.05, 0.1) is 16.4 Å². The average molecular weight is 334 g/mol. The van der Waals surface area contributed by atoms with Crippen molar-refractivity contribution in [3.05, 3.63) is 47.8 Å². The highest BCUT2D eigenvalue weighted by molar-refractivity contribution is 7.91. The quantitative estimate of drug-likeness (QED) is 0.704. The van der Waals surface area contributed by atoms with Crippen LogP contribution in [0.4, 0.5) is 0 Å². The number of hydrogen-bond acceptors (Lipinski definition) is 4. The summed E-state index contributed by atoms with van der Waals surface area (Å²) >= 11 is 0. The third kappa shape index (κ3) is 3.34. The molecule has 3 N–H and O–H groups in total. The Hall–Kier alpha value is -1.63. The molecule has 0 radical (unpaired) electrons. The first kappa shape index (κ1) is 16.2. The van der Waals surface area contributed by atoms with Gasteiger partial charge in [0.1, 0.15) is 0 Å². The van der Waals surface area contributed by atoms with Crippen LogP contribution >= 0.6 is 0 Å². The molecule has 23 heavy (non-hydrogen) atoms. The molecule has 1 aromatic heterocycles. The number of aromatic amines is 1. The van der Waals surface area contributed by atoms with E-state index in [1.54, 1.807) is 18.3 Å². The van der Waals surface area contributed by atoms with Crippen LogP contribution in [-0.4, -0.2) is 38.2 Å². The standard InChI is InChI=1S/C17H22N2O3S/c20-9-8-19-11-14-3-1-2-13-10-15(4-5-17(13)14)23(21,22)16-6-7-18-12-16/h4-7,10,12,14,18-20H,1-3,8-9,11H2/t14-/m0/s1. The van der Waals surface area contributed by atoms with Gasteiger partial charge in [0.2, 0.25) is 9.84 Å². The maximum Gasteiger partial charge on any atom is 0.208 e. The fraction of sp³-hybridized carbons (Fsp3) is 0.412. The SMILES string of the molecule is O=S(=O)(c1cc[nH]c1)c1ccc2c(c1)CCC[C@H]2CNCCO. The van der Waals surface area contributed by atoms with Crippen LogP contribution in [0.5, 0.6) is 0 Å². The predicted octanol–water partition coefficient (Wildman–Crippen LogP) is 1.85. The lowest BCUT2D eigenvalue weighted by Gasteiger charge is -2.26. The first-order valence-corrected chi connectivity index (χ1v) is 9.43. The van der Waals surface area contributed by atoms with Crippen LogP contribution in [0, 0.1) is 0 Å². The summed E-state index contributed by atoms with van der Waals surface area (Å²) in [5.41, 5.74) is 2.36. The van der Waals surface area contributed by atoms with Crippen LogP contribution in [0.25, 0.3) is 0 Å². The van der Waals surface area contributed by atoms with E-state index in [-0.39, 0.29) is 6.61 Å². The van der Waals surface area contributed by atoms with Crippen molar-refractivity contribution in [3.63, 3.8) is 0 Å². The lowest BCUT2D eigenvalue weighted by molar-refractivity contribution is 0.290. The summed E-state index contributed by atoms with van der Waals surface area (Å²) in [6.45, 7) is 1.54. The van der Waals surface area contributed by atoms with E-state index in [1.165, 1.54) is 11.8 Å². The summed E-state index contributed by atoms with van der Waals surface area (Å²) in [5, 5.41) is 12.1. The van der Waals surface area contributed by atoms with Crippen molar-refractivity contribution in [1.82, 2.24) is 10.3 Å². The molecule has 1 aromatic carbocycles. The Morgan fingerprint density at radius 3 is 2.87 bits per heavy atom. The summed E-state index contributed by atoms with van der Waals surface area (Å²) in [6.07, 6.45) is 6.20. The largest absolute Gasteiger partial charge is 0.395 e. The van der Waals surface area contributed by atoms with Crippen LogP contribution in [0.1, 0.15) is 29.9 Å². The highest BCUT2D eigenvalue weighted by Crippen LogP contribution is 2.33. The smallest absolute Gasteiger partial charge is 0.208 e. The van der Waals surface area contributed by atoms with Crippen LogP contribution < -0.4 is 5.32 Å². The van der Waals surface area contributed by atoms with Crippen molar-refractivity contribution in [2.45, 2.75) is 35.0 Å². The van der Waals surface area contributed by atoms with Crippen molar-refractivity contribution < 1.29 is 13.5 Å². The zero-order valence-electron chi connectivity index (χ0n) is 13.0. The van der Waals surface area contributed by atoms with Crippen LogP contribution in [0.15, 0.2) is 46.5 Å². The molecule has 124 valence electrons. The second-order valence-electron chi connectivity index (χ2n) is 5.93. The number of hydrogen-bond donors (Lipinski definition) is 3. The zero-order valence-corrected chi connectivity index (χ0v) is 13.8. The highest BCUT2D eigenvalue weighted by Gasteiger charge is 2.24. The van der Waals surface area contributed by atoms with E-state index in [2.05, 4.69) is 10.3 Å². The number of nitrogens with one attached hydrogen (secondary N) is 2. The topological polar surface area (TPSA) is 82.2 Å². The van der Waals surface area contributed by atoms with Gasteiger partial charge >= 0.3 is 0 Å². The minimum Gasteiger partial charge on any atom is -0.395 e. The van der Waals surface area contributed by atoms with Gasteiger partial charge in [0, 0.05) is 25.5 Å². The normalized spacial score (nSPS) is 17.9. The van der Waals surface area contributed by atoms with E-state index in [0.717, 1.165) is 31.4 Å². The third-order valence-electron chi connectivity index (χ3n) is 4.42. The summed E-state index contributed by atoms with van der Waals surface area (Å²) in [7, 11) is -3.45. The molecule has 6 heteroatoms. The van der Waals surface area contributed by atoms with Gasteiger partial charge in [0.25, 0.3) is 0 Å². The number of benzene rings is 1. The van der Waals surface area contributed by atoms with Crippen LogP contribution in [-0.2, 0) is 16.3 Å². The lowest BCUT2D eigenvalue weighted by atomic mass is 9.83. The van der Waals surface area contributed by atoms with Gasteiger partial charge in [-0.1, -0.05) is 6.07 Å². The number of H-pyrrole nitrogens is 1. The number of aromatic nitrogens is 1. The first-order valence-electron chi connectivity index (χ1n) is 7.95. The number of aliphatic hydroxyl groups excluding tert-OH is 1. The Bertz CT molecular complexity index is 754. The molecule has 0 saturated heterocycles. The minimum absolute atomic E-state index is 0.132. The molecule has 0 unspecified atom stereocenters. The van der Waals surface area contributed by atoms with Gasteiger partial charge in [-0.15, -0.1) is 0 Å². The van der Waals surface area contributed by atoms with Crippen molar-refractivity contribution in [2.24, 2.45) is 0 Å². The molecular weight excluding hydrogens is 312 g/mol. The van der Waals surface area contributed by atoms with Gasteiger partial charge in [-0.05, 0) is 54.5 Å². The summed E-state index contributed by atoms with van der Waals surface area (Å²) in [5.74, 6) is 0.384. The molecule has 1 aliphatic rings. The number of aryl methyl sites for hydroxylation is 1. The number of fused-ring (bicyclic) bond motifs is 1. The lowest BCUT2D eigenvalue weighted by Crippen LogP contribution is -2.26.